The summed E-state index contributed by atoms with van der Waals surface area (Å²) in [4.78, 5) is 4.44. The Kier molecular flexibility index (Phi) is 4.22. The summed E-state index contributed by atoms with van der Waals surface area (Å²) in [5.41, 5.74) is 2.72. The molecular formula is C16H11Br2FN2. The molecule has 5 heteroatoms. The SMILES string of the molecule is Fc1ccc(Br)c(NCc2ccc(Br)c3cccnc23)c1. The van der Waals surface area contributed by atoms with Crippen molar-refractivity contribution in [2.24, 2.45) is 0 Å². The topological polar surface area (TPSA) is 24.9 Å². The third kappa shape index (κ3) is 3.09. The first-order valence-electron chi connectivity index (χ1n) is 6.36. The summed E-state index contributed by atoms with van der Waals surface area (Å²) in [5.74, 6) is -0.264. The highest BCUT2D eigenvalue weighted by atomic mass is 79.9. The van der Waals surface area contributed by atoms with Crippen molar-refractivity contribution in [3.63, 3.8) is 0 Å². The van der Waals surface area contributed by atoms with E-state index in [0.717, 1.165) is 31.1 Å². The zero-order chi connectivity index (χ0) is 14.8. The number of hydrogen-bond donors (Lipinski definition) is 1. The van der Waals surface area contributed by atoms with Gasteiger partial charge in [-0.05, 0) is 51.8 Å². The number of benzene rings is 2. The van der Waals surface area contributed by atoms with Gasteiger partial charge in [-0.25, -0.2) is 4.39 Å². The molecular weight excluding hydrogens is 399 g/mol. The van der Waals surface area contributed by atoms with E-state index in [4.69, 9.17) is 0 Å². The molecule has 21 heavy (non-hydrogen) atoms. The molecule has 106 valence electrons. The predicted molar refractivity (Wildman–Crippen MR) is 90.9 cm³/mol. The highest BCUT2D eigenvalue weighted by Crippen LogP contribution is 2.27. The van der Waals surface area contributed by atoms with Gasteiger partial charge in [0, 0.05) is 27.1 Å². The average Bonchev–Trinajstić information content (AvgIpc) is 2.50. The Hall–Kier alpha value is -1.46. The average molecular weight is 410 g/mol. The number of nitrogens with zero attached hydrogens (tertiary/aromatic N) is 1. The lowest BCUT2D eigenvalue weighted by atomic mass is 10.1. The highest BCUT2D eigenvalue weighted by Gasteiger charge is 2.07. The minimum atomic E-state index is -0.264. The normalized spacial score (nSPS) is 10.8. The van der Waals surface area contributed by atoms with E-state index in [9.17, 15) is 4.39 Å². The van der Waals surface area contributed by atoms with Gasteiger partial charge in [0.15, 0.2) is 0 Å². The summed E-state index contributed by atoms with van der Waals surface area (Å²) in [6.45, 7) is 0.572. The largest absolute Gasteiger partial charge is 0.380 e. The lowest BCUT2D eigenvalue weighted by molar-refractivity contribution is 0.628. The third-order valence-corrected chi connectivity index (χ3v) is 4.58. The second kappa shape index (κ2) is 6.12. The summed E-state index contributed by atoms with van der Waals surface area (Å²) in [5, 5.41) is 4.30. The van der Waals surface area contributed by atoms with E-state index in [1.165, 1.54) is 12.1 Å². The summed E-state index contributed by atoms with van der Waals surface area (Å²) in [6, 6.07) is 12.5. The Morgan fingerprint density at radius 3 is 2.71 bits per heavy atom. The van der Waals surface area contributed by atoms with Crippen LogP contribution < -0.4 is 5.32 Å². The molecule has 0 bridgehead atoms. The van der Waals surface area contributed by atoms with Crippen molar-refractivity contribution >= 4 is 48.5 Å². The summed E-state index contributed by atoms with van der Waals surface area (Å²) in [7, 11) is 0. The first-order valence-corrected chi connectivity index (χ1v) is 7.95. The minimum absolute atomic E-state index is 0.264. The van der Waals surface area contributed by atoms with Crippen molar-refractivity contribution in [2.45, 2.75) is 6.54 Å². The van der Waals surface area contributed by atoms with E-state index in [-0.39, 0.29) is 5.82 Å². The quantitative estimate of drug-likeness (QED) is 0.616. The van der Waals surface area contributed by atoms with Crippen molar-refractivity contribution in [3.8, 4) is 0 Å². The fourth-order valence-electron chi connectivity index (χ4n) is 2.16. The van der Waals surface area contributed by atoms with Gasteiger partial charge in [0.25, 0.3) is 0 Å². The van der Waals surface area contributed by atoms with Gasteiger partial charge in [0.05, 0.1) is 11.2 Å². The molecule has 0 fully saturated rings. The Balaban J connectivity index is 1.92. The summed E-state index contributed by atoms with van der Waals surface area (Å²) >= 11 is 6.94. The van der Waals surface area contributed by atoms with Gasteiger partial charge in [0.1, 0.15) is 5.82 Å². The molecule has 0 atom stereocenters. The second-order valence-corrected chi connectivity index (χ2v) is 6.29. The van der Waals surface area contributed by atoms with Crippen LogP contribution in [0.2, 0.25) is 0 Å². The molecule has 0 saturated heterocycles. The van der Waals surface area contributed by atoms with Crippen molar-refractivity contribution in [2.75, 3.05) is 5.32 Å². The van der Waals surface area contributed by atoms with E-state index >= 15 is 0 Å². The zero-order valence-corrected chi connectivity index (χ0v) is 14.1. The molecule has 0 aliphatic heterocycles. The van der Waals surface area contributed by atoms with Gasteiger partial charge < -0.3 is 5.32 Å². The van der Waals surface area contributed by atoms with Gasteiger partial charge >= 0.3 is 0 Å². The number of nitrogens with one attached hydrogen (secondary N) is 1. The van der Waals surface area contributed by atoms with Crippen LogP contribution >= 0.6 is 31.9 Å². The maximum absolute atomic E-state index is 13.3. The molecule has 1 heterocycles. The van der Waals surface area contributed by atoms with Crippen LogP contribution in [0.5, 0.6) is 0 Å². The number of rotatable bonds is 3. The number of aromatic nitrogens is 1. The van der Waals surface area contributed by atoms with Crippen LogP contribution in [0.1, 0.15) is 5.56 Å². The number of anilines is 1. The lowest BCUT2D eigenvalue weighted by Gasteiger charge is -2.11. The summed E-state index contributed by atoms with van der Waals surface area (Å²) < 4.78 is 15.1. The number of halogens is 3. The van der Waals surface area contributed by atoms with Crippen LogP contribution in [-0.2, 0) is 6.54 Å². The zero-order valence-electron chi connectivity index (χ0n) is 10.9. The number of pyridine rings is 1. The van der Waals surface area contributed by atoms with Gasteiger partial charge in [-0.2, -0.15) is 0 Å². The molecule has 1 N–H and O–H groups in total. The van der Waals surface area contributed by atoms with Crippen LogP contribution in [0.3, 0.4) is 0 Å². The maximum Gasteiger partial charge on any atom is 0.125 e. The Bertz CT molecular complexity index is 805. The summed E-state index contributed by atoms with van der Waals surface area (Å²) in [6.07, 6.45) is 1.77. The van der Waals surface area contributed by atoms with Crippen LogP contribution in [0.4, 0.5) is 10.1 Å². The number of hydrogen-bond acceptors (Lipinski definition) is 2. The standard InChI is InChI=1S/C16H11Br2FN2/c17-13-5-3-10(16-12(13)2-1-7-20-16)9-21-15-8-11(19)4-6-14(15)18/h1-8,21H,9H2. The number of fused-ring (bicyclic) bond motifs is 1. The molecule has 0 saturated carbocycles. The Morgan fingerprint density at radius 1 is 1.05 bits per heavy atom. The third-order valence-electron chi connectivity index (χ3n) is 3.20. The minimum Gasteiger partial charge on any atom is -0.380 e. The van der Waals surface area contributed by atoms with Crippen LogP contribution in [0.15, 0.2) is 57.6 Å². The van der Waals surface area contributed by atoms with E-state index in [2.05, 4.69) is 42.2 Å². The molecule has 2 nitrogen and oxygen atoms in total. The van der Waals surface area contributed by atoms with Crippen molar-refractivity contribution in [3.05, 3.63) is 69.0 Å². The Morgan fingerprint density at radius 2 is 1.86 bits per heavy atom. The van der Waals surface area contributed by atoms with E-state index in [0.29, 0.717) is 6.54 Å². The van der Waals surface area contributed by atoms with Crippen LogP contribution in [0.25, 0.3) is 10.9 Å². The Labute approximate surface area is 138 Å². The first kappa shape index (κ1) is 14.5. The smallest absolute Gasteiger partial charge is 0.125 e. The molecule has 0 aliphatic rings. The maximum atomic E-state index is 13.3. The molecule has 0 radical (unpaired) electrons. The van der Waals surface area contributed by atoms with Crippen LogP contribution in [0, 0.1) is 5.82 Å². The van der Waals surface area contributed by atoms with Gasteiger partial charge in [-0.15, -0.1) is 0 Å². The lowest BCUT2D eigenvalue weighted by Crippen LogP contribution is -2.02. The fraction of sp³-hybridized carbons (Fsp3) is 0.0625. The monoisotopic (exact) mass is 408 g/mol. The molecule has 0 aliphatic carbocycles. The van der Waals surface area contributed by atoms with E-state index in [1.807, 2.05) is 24.3 Å². The van der Waals surface area contributed by atoms with Crippen molar-refractivity contribution in [1.82, 2.24) is 4.98 Å². The van der Waals surface area contributed by atoms with Gasteiger partial charge in [0.2, 0.25) is 0 Å². The molecule has 0 unspecified atom stereocenters. The fourth-order valence-corrected chi connectivity index (χ4v) is 3.00. The van der Waals surface area contributed by atoms with E-state index < -0.39 is 0 Å². The van der Waals surface area contributed by atoms with Gasteiger partial charge in [-0.3, -0.25) is 4.98 Å². The molecule has 1 aromatic heterocycles. The molecule has 3 aromatic rings. The molecule has 0 amide bonds. The molecule has 0 spiro atoms. The first-order chi connectivity index (χ1) is 10.1. The second-order valence-electron chi connectivity index (χ2n) is 4.58. The highest BCUT2D eigenvalue weighted by molar-refractivity contribution is 9.11. The molecule has 3 rings (SSSR count). The predicted octanol–water partition coefficient (Wildman–Crippen LogP) is 5.51. The van der Waals surface area contributed by atoms with Gasteiger partial charge in [-0.1, -0.05) is 28.1 Å². The van der Waals surface area contributed by atoms with E-state index in [1.54, 1.807) is 12.3 Å². The molecule has 2 aromatic carbocycles. The van der Waals surface area contributed by atoms with Crippen molar-refractivity contribution in [1.29, 1.82) is 0 Å². The van der Waals surface area contributed by atoms with Crippen molar-refractivity contribution < 1.29 is 4.39 Å². The van der Waals surface area contributed by atoms with Crippen LogP contribution in [-0.4, -0.2) is 4.98 Å².